The maximum Gasteiger partial charge on any atom is 0.281 e. The molecular weight excluding hydrogens is 348 g/mol. The topological polar surface area (TPSA) is 50.8 Å². The Morgan fingerprint density at radius 1 is 1.04 bits per heavy atom. The summed E-state index contributed by atoms with van der Waals surface area (Å²) in [5.74, 6) is 1.05. The lowest BCUT2D eigenvalue weighted by Crippen LogP contribution is -2.31. The van der Waals surface area contributed by atoms with Crippen LogP contribution in [0.25, 0.3) is 6.08 Å². The van der Waals surface area contributed by atoms with Crippen LogP contribution in [0.15, 0.2) is 42.1 Å². The summed E-state index contributed by atoms with van der Waals surface area (Å²) in [4.78, 5) is 14.5. The van der Waals surface area contributed by atoms with Gasteiger partial charge in [0.15, 0.2) is 16.6 Å². The summed E-state index contributed by atoms with van der Waals surface area (Å²) in [6.45, 7) is 3.93. The molecule has 1 N–H and O–H groups in total. The molecule has 3 rings (SSSR count). The van der Waals surface area contributed by atoms with Crippen molar-refractivity contribution in [3.8, 4) is 11.5 Å². The number of rotatable bonds is 4. The highest BCUT2D eigenvalue weighted by Crippen LogP contribution is 2.31. The number of anilines is 1. The summed E-state index contributed by atoms with van der Waals surface area (Å²) in [6.07, 6.45) is 1.75. The quantitative estimate of drug-likeness (QED) is 0.660. The van der Waals surface area contributed by atoms with Gasteiger partial charge >= 0.3 is 0 Å². The molecule has 6 heteroatoms. The maximum absolute atomic E-state index is 13.0. The van der Waals surface area contributed by atoms with E-state index >= 15 is 0 Å². The molecule has 1 aliphatic rings. The van der Waals surface area contributed by atoms with Crippen LogP contribution in [0.3, 0.4) is 0 Å². The second-order valence-corrected chi connectivity index (χ2v) is 6.37. The Morgan fingerprint density at radius 3 is 2.31 bits per heavy atom. The molecule has 5 nitrogen and oxygen atoms in total. The Bertz CT molecular complexity index is 901. The first-order chi connectivity index (χ1) is 12.5. The molecule has 0 spiro atoms. The number of benzene rings is 2. The third-order valence-electron chi connectivity index (χ3n) is 4.26. The number of ether oxygens (including phenoxy) is 2. The van der Waals surface area contributed by atoms with Crippen molar-refractivity contribution in [2.75, 3.05) is 19.1 Å². The van der Waals surface area contributed by atoms with Crippen molar-refractivity contribution in [1.29, 1.82) is 0 Å². The maximum atomic E-state index is 13.0. The molecule has 0 aromatic heterocycles. The Balaban J connectivity index is 1.98. The number of carbonyl (C=O) groups is 1. The van der Waals surface area contributed by atoms with E-state index in [1.165, 1.54) is 0 Å². The number of aryl methyl sites for hydroxylation is 2. The normalized spacial score (nSPS) is 15.4. The highest BCUT2D eigenvalue weighted by molar-refractivity contribution is 7.80. The third kappa shape index (κ3) is 3.15. The lowest BCUT2D eigenvalue weighted by molar-refractivity contribution is -0.113. The van der Waals surface area contributed by atoms with Crippen molar-refractivity contribution in [3.05, 3.63) is 58.8 Å². The van der Waals surface area contributed by atoms with Crippen LogP contribution in [0.4, 0.5) is 5.69 Å². The number of thiocarbonyl (C=S) groups is 1. The molecule has 0 atom stereocenters. The van der Waals surface area contributed by atoms with Gasteiger partial charge in [0, 0.05) is 0 Å². The first-order valence-electron chi connectivity index (χ1n) is 8.11. The van der Waals surface area contributed by atoms with Crippen molar-refractivity contribution in [3.63, 3.8) is 0 Å². The Hall–Kier alpha value is -2.86. The van der Waals surface area contributed by atoms with Gasteiger partial charge in [0.2, 0.25) is 0 Å². The van der Waals surface area contributed by atoms with E-state index in [0.29, 0.717) is 22.3 Å². The van der Waals surface area contributed by atoms with Gasteiger partial charge in [-0.1, -0.05) is 24.3 Å². The summed E-state index contributed by atoms with van der Waals surface area (Å²) in [5.41, 5.74) is 4.05. The van der Waals surface area contributed by atoms with Crippen LogP contribution in [0.5, 0.6) is 11.5 Å². The molecule has 1 heterocycles. The number of carbonyl (C=O) groups excluding carboxylic acids is 1. The van der Waals surface area contributed by atoms with Crippen LogP contribution in [-0.2, 0) is 4.79 Å². The number of nitrogens with zero attached hydrogens (tertiary/aromatic N) is 1. The molecule has 1 saturated heterocycles. The largest absolute Gasteiger partial charge is 0.493 e. The average molecular weight is 368 g/mol. The second-order valence-electron chi connectivity index (χ2n) is 5.98. The van der Waals surface area contributed by atoms with Gasteiger partial charge in [-0.15, -0.1) is 0 Å². The van der Waals surface area contributed by atoms with E-state index < -0.39 is 0 Å². The van der Waals surface area contributed by atoms with Crippen LogP contribution < -0.4 is 19.7 Å². The Morgan fingerprint density at radius 2 is 1.69 bits per heavy atom. The van der Waals surface area contributed by atoms with Gasteiger partial charge in [-0.25, -0.2) is 0 Å². The first kappa shape index (κ1) is 17.9. The number of amides is 1. The van der Waals surface area contributed by atoms with E-state index in [2.05, 4.69) is 5.32 Å². The van der Waals surface area contributed by atoms with E-state index in [9.17, 15) is 4.79 Å². The van der Waals surface area contributed by atoms with E-state index in [0.717, 1.165) is 22.4 Å². The number of hydrogen-bond acceptors (Lipinski definition) is 4. The van der Waals surface area contributed by atoms with Gasteiger partial charge in [0.25, 0.3) is 5.91 Å². The van der Waals surface area contributed by atoms with Crippen molar-refractivity contribution in [2.45, 2.75) is 13.8 Å². The van der Waals surface area contributed by atoms with Crippen LogP contribution in [0.2, 0.25) is 0 Å². The zero-order chi connectivity index (χ0) is 18.8. The molecule has 1 fully saturated rings. The predicted molar refractivity (Wildman–Crippen MR) is 107 cm³/mol. The number of nitrogens with one attached hydrogen (secondary N) is 1. The van der Waals surface area contributed by atoms with Crippen molar-refractivity contribution in [1.82, 2.24) is 5.32 Å². The zero-order valence-electron chi connectivity index (χ0n) is 15.1. The fourth-order valence-corrected chi connectivity index (χ4v) is 3.29. The summed E-state index contributed by atoms with van der Waals surface area (Å²) < 4.78 is 10.6. The van der Waals surface area contributed by atoms with E-state index in [1.54, 1.807) is 31.3 Å². The monoisotopic (exact) mass is 368 g/mol. The molecule has 2 aromatic rings. The fraction of sp³-hybridized carbons (Fsp3) is 0.200. The fourth-order valence-electron chi connectivity index (χ4n) is 3.01. The van der Waals surface area contributed by atoms with Gasteiger partial charge in [0.05, 0.1) is 19.9 Å². The van der Waals surface area contributed by atoms with Gasteiger partial charge in [-0.05, 0) is 61.0 Å². The molecule has 0 unspecified atom stereocenters. The standard InChI is InChI=1S/C20H20N2O3S/c1-12-6-5-7-13(2)18(12)22-19(23)15(21-20(22)26)10-14-8-9-16(24-3)17(11-14)25-4/h5-11H,1-4H3,(H,21,26)/b15-10-. The molecule has 1 amide bonds. The van der Waals surface area contributed by atoms with E-state index in [1.807, 2.05) is 44.2 Å². The lowest BCUT2D eigenvalue weighted by atomic mass is 10.1. The van der Waals surface area contributed by atoms with Crippen LogP contribution in [0, 0.1) is 13.8 Å². The van der Waals surface area contributed by atoms with Crippen LogP contribution in [-0.4, -0.2) is 25.2 Å². The molecule has 134 valence electrons. The average Bonchev–Trinajstić information content (AvgIpc) is 2.89. The van der Waals surface area contributed by atoms with Gasteiger partial charge in [-0.2, -0.15) is 0 Å². The molecule has 2 aromatic carbocycles. The predicted octanol–water partition coefficient (Wildman–Crippen LogP) is 3.58. The summed E-state index contributed by atoms with van der Waals surface area (Å²) in [6, 6.07) is 11.4. The summed E-state index contributed by atoms with van der Waals surface area (Å²) >= 11 is 5.41. The minimum absolute atomic E-state index is 0.179. The van der Waals surface area contributed by atoms with Crippen molar-refractivity contribution >= 4 is 35.0 Å². The van der Waals surface area contributed by atoms with E-state index in [-0.39, 0.29) is 5.91 Å². The number of methoxy groups -OCH3 is 2. The van der Waals surface area contributed by atoms with Gasteiger partial charge in [0.1, 0.15) is 5.70 Å². The minimum atomic E-state index is -0.179. The Kier molecular flexibility index (Phi) is 4.95. The SMILES string of the molecule is COc1ccc(/C=C2\NC(=S)N(c3c(C)cccc3C)C2=O)cc1OC. The second kappa shape index (κ2) is 7.17. The molecule has 0 saturated carbocycles. The van der Waals surface area contributed by atoms with Gasteiger partial charge < -0.3 is 14.8 Å². The summed E-state index contributed by atoms with van der Waals surface area (Å²) in [7, 11) is 3.16. The van der Waals surface area contributed by atoms with Crippen molar-refractivity contribution in [2.24, 2.45) is 0 Å². The summed E-state index contributed by atoms with van der Waals surface area (Å²) in [5, 5.41) is 3.39. The Labute approximate surface area is 158 Å². The zero-order valence-corrected chi connectivity index (χ0v) is 15.9. The molecule has 26 heavy (non-hydrogen) atoms. The highest BCUT2D eigenvalue weighted by Gasteiger charge is 2.33. The smallest absolute Gasteiger partial charge is 0.281 e. The minimum Gasteiger partial charge on any atom is -0.493 e. The lowest BCUT2D eigenvalue weighted by Gasteiger charge is -2.19. The van der Waals surface area contributed by atoms with Crippen molar-refractivity contribution < 1.29 is 14.3 Å². The van der Waals surface area contributed by atoms with Crippen LogP contribution in [0.1, 0.15) is 16.7 Å². The van der Waals surface area contributed by atoms with Crippen LogP contribution >= 0.6 is 12.2 Å². The first-order valence-corrected chi connectivity index (χ1v) is 8.52. The molecular formula is C20H20N2O3S. The highest BCUT2D eigenvalue weighted by atomic mass is 32.1. The molecule has 1 aliphatic heterocycles. The number of para-hydroxylation sites is 1. The molecule has 0 bridgehead atoms. The number of hydrogen-bond donors (Lipinski definition) is 1. The third-order valence-corrected chi connectivity index (χ3v) is 4.54. The van der Waals surface area contributed by atoms with E-state index in [4.69, 9.17) is 21.7 Å². The van der Waals surface area contributed by atoms with Gasteiger partial charge in [-0.3, -0.25) is 9.69 Å². The molecule has 0 radical (unpaired) electrons. The molecule has 0 aliphatic carbocycles.